The van der Waals surface area contributed by atoms with Gasteiger partial charge in [0.25, 0.3) is 0 Å². The first-order valence-corrected chi connectivity index (χ1v) is 10.7. The van der Waals surface area contributed by atoms with E-state index in [-0.39, 0.29) is 24.2 Å². The van der Waals surface area contributed by atoms with Gasteiger partial charge in [-0.1, -0.05) is 36.4 Å². The van der Waals surface area contributed by atoms with Crippen molar-refractivity contribution in [3.63, 3.8) is 0 Å². The van der Waals surface area contributed by atoms with Gasteiger partial charge in [-0.2, -0.15) is 0 Å². The molecule has 7 nitrogen and oxygen atoms in total. The summed E-state index contributed by atoms with van der Waals surface area (Å²) in [7, 11) is 2.90. The Labute approximate surface area is 204 Å². The van der Waals surface area contributed by atoms with Crippen molar-refractivity contribution in [2.45, 2.75) is 24.8 Å². The molecule has 2 unspecified atom stereocenters. The fourth-order valence-electron chi connectivity index (χ4n) is 3.95. The van der Waals surface area contributed by atoms with Gasteiger partial charge in [0.15, 0.2) is 11.5 Å². The maximum absolute atomic E-state index is 12.4. The van der Waals surface area contributed by atoms with Crippen molar-refractivity contribution >= 4 is 30.0 Å². The Kier molecular flexibility index (Phi) is 8.15. The summed E-state index contributed by atoms with van der Waals surface area (Å²) < 4.78 is 16.2. The summed E-state index contributed by atoms with van der Waals surface area (Å²) >= 11 is 0. The minimum absolute atomic E-state index is 0. The van der Waals surface area contributed by atoms with Crippen molar-refractivity contribution in [1.82, 2.24) is 0 Å². The van der Waals surface area contributed by atoms with Gasteiger partial charge < -0.3 is 25.3 Å². The van der Waals surface area contributed by atoms with Crippen molar-refractivity contribution < 1.29 is 23.8 Å². The summed E-state index contributed by atoms with van der Waals surface area (Å²) in [5.74, 6) is 1.09. The van der Waals surface area contributed by atoms with E-state index in [9.17, 15) is 9.59 Å². The Balaban J connectivity index is 0.00000324. The number of fused-ring (bicyclic) bond motifs is 1. The van der Waals surface area contributed by atoms with E-state index in [2.05, 4.69) is 10.1 Å². The summed E-state index contributed by atoms with van der Waals surface area (Å²) in [6, 6.07) is 20.1. The largest absolute Gasteiger partial charge is 0.493 e. The van der Waals surface area contributed by atoms with E-state index >= 15 is 0 Å². The van der Waals surface area contributed by atoms with Crippen LogP contribution in [-0.4, -0.2) is 32.1 Å². The number of anilines is 1. The van der Waals surface area contributed by atoms with Crippen LogP contribution in [0.25, 0.3) is 0 Å². The number of para-hydroxylation sites is 1. The first-order valence-electron chi connectivity index (χ1n) is 10.7. The molecule has 0 radical (unpaired) electrons. The van der Waals surface area contributed by atoms with Gasteiger partial charge in [-0.3, -0.25) is 9.59 Å². The first kappa shape index (κ1) is 25.1. The van der Waals surface area contributed by atoms with Gasteiger partial charge in [0.1, 0.15) is 11.8 Å². The van der Waals surface area contributed by atoms with Gasteiger partial charge in [-0.25, -0.2) is 0 Å². The normalized spacial score (nSPS) is 14.9. The molecular formula is C26H27ClN2O5. The van der Waals surface area contributed by atoms with Crippen LogP contribution in [0.15, 0.2) is 66.7 Å². The molecule has 2 atom stereocenters. The van der Waals surface area contributed by atoms with Crippen LogP contribution in [0.2, 0.25) is 0 Å². The molecule has 0 spiro atoms. The van der Waals surface area contributed by atoms with E-state index in [4.69, 9.17) is 15.2 Å². The molecule has 1 aliphatic heterocycles. The van der Waals surface area contributed by atoms with Crippen molar-refractivity contribution in [3.05, 3.63) is 83.4 Å². The summed E-state index contributed by atoms with van der Waals surface area (Å²) in [6.07, 6.45) is 0.942. The van der Waals surface area contributed by atoms with E-state index < -0.39 is 12.0 Å². The zero-order valence-corrected chi connectivity index (χ0v) is 19.8. The standard InChI is InChI=1S/C26H26N2O5.ClH/c1-31-24-15-17(13-20-19-5-3-4-6-22(19)28-25(20)29)9-12-23(24)33-18-10-7-16(8-11-18)14-21(27)26(30)32-2;/h3-12,15,20-21H,13-14,27H2,1-2H3,(H,28,29);1H. The molecule has 3 aromatic rings. The number of nitrogens with one attached hydrogen (secondary N) is 1. The molecular weight excluding hydrogens is 456 g/mol. The van der Waals surface area contributed by atoms with E-state index in [0.29, 0.717) is 30.1 Å². The minimum atomic E-state index is -0.705. The number of carbonyl (C=O) groups excluding carboxylic acids is 2. The number of hydrogen-bond acceptors (Lipinski definition) is 6. The lowest BCUT2D eigenvalue weighted by Crippen LogP contribution is -2.33. The van der Waals surface area contributed by atoms with Crippen LogP contribution in [-0.2, 0) is 27.2 Å². The summed E-state index contributed by atoms with van der Waals surface area (Å²) in [6.45, 7) is 0. The second-order valence-electron chi connectivity index (χ2n) is 7.90. The Bertz CT molecular complexity index is 1170. The third kappa shape index (κ3) is 5.50. The van der Waals surface area contributed by atoms with Crippen LogP contribution in [0.1, 0.15) is 22.6 Å². The molecule has 1 heterocycles. The Morgan fingerprint density at radius 3 is 2.41 bits per heavy atom. The van der Waals surface area contributed by atoms with Crippen LogP contribution < -0.4 is 20.5 Å². The monoisotopic (exact) mass is 482 g/mol. The summed E-state index contributed by atoms with van der Waals surface area (Å²) in [5, 5.41) is 2.94. The molecule has 0 bridgehead atoms. The molecule has 0 aromatic heterocycles. The maximum atomic E-state index is 12.4. The van der Waals surface area contributed by atoms with Crippen LogP contribution in [0, 0.1) is 0 Å². The van der Waals surface area contributed by atoms with E-state index in [1.165, 1.54) is 7.11 Å². The predicted octanol–water partition coefficient (Wildman–Crippen LogP) is 4.23. The number of benzene rings is 3. The number of nitrogens with two attached hydrogens (primary N) is 1. The molecule has 0 aliphatic carbocycles. The smallest absolute Gasteiger partial charge is 0.322 e. The number of rotatable bonds is 8. The van der Waals surface area contributed by atoms with Gasteiger partial charge >= 0.3 is 5.97 Å². The molecule has 1 aliphatic rings. The average Bonchev–Trinajstić information content (AvgIpc) is 3.15. The highest BCUT2D eigenvalue weighted by molar-refractivity contribution is 6.03. The van der Waals surface area contributed by atoms with E-state index in [1.807, 2.05) is 66.7 Å². The molecule has 8 heteroatoms. The molecule has 1 amide bonds. The highest BCUT2D eigenvalue weighted by Gasteiger charge is 2.30. The Morgan fingerprint density at radius 1 is 1.00 bits per heavy atom. The molecule has 0 saturated carbocycles. The fourth-order valence-corrected chi connectivity index (χ4v) is 3.95. The highest BCUT2D eigenvalue weighted by atomic mass is 35.5. The van der Waals surface area contributed by atoms with Crippen molar-refractivity contribution in [2.24, 2.45) is 5.73 Å². The molecule has 0 fully saturated rings. The Morgan fingerprint density at radius 2 is 1.71 bits per heavy atom. The molecule has 4 rings (SSSR count). The van der Waals surface area contributed by atoms with Crippen molar-refractivity contribution in [1.29, 1.82) is 0 Å². The molecule has 3 aromatic carbocycles. The topological polar surface area (TPSA) is 99.9 Å². The third-order valence-electron chi connectivity index (χ3n) is 5.69. The van der Waals surface area contributed by atoms with Crippen LogP contribution >= 0.6 is 12.4 Å². The second-order valence-corrected chi connectivity index (χ2v) is 7.90. The summed E-state index contributed by atoms with van der Waals surface area (Å²) in [4.78, 5) is 23.9. The number of amides is 1. The quantitative estimate of drug-likeness (QED) is 0.466. The minimum Gasteiger partial charge on any atom is -0.493 e. The zero-order valence-electron chi connectivity index (χ0n) is 18.9. The number of methoxy groups -OCH3 is 2. The van der Waals surface area contributed by atoms with E-state index in [0.717, 1.165) is 22.4 Å². The summed E-state index contributed by atoms with van der Waals surface area (Å²) in [5.41, 5.74) is 9.57. The fraction of sp³-hybridized carbons (Fsp3) is 0.231. The second kappa shape index (κ2) is 11.0. The number of ether oxygens (including phenoxy) is 3. The molecule has 34 heavy (non-hydrogen) atoms. The SMILES string of the molecule is COC(=O)C(N)Cc1ccc(Oc2ccc(CC3C(=O)Nc4ccccc43)cc2OC)cc1.Cl. The van der Waals surface area contributed by atoms with Crippen LogP contribution in [0.4, 0.5) is 5.69 Å². The van der Waals surface area contributed by atoms with Crippen LogP contribution in [0.3, 0.4) is 0 Å². The number of carbonyl (C=O) groups is 2. The predicted molar refractivity (Wildman–Crippen MR) is 132 cm³/mol. The number of hydrogen-bond donors (Lipinski definition) is 2. The Hall–Kier alpha value is -3.55. The number of esters is 1. The van der Waals surface area contributed by atoms with Gasteiger partial charge in [0.05, 0.1) is 20.1 Å². The third-order valence-corrected chi connectivity index (χ3v) is 5.69. The van der Waals surface area contributed by atoms with Gasteiger partial charge in [0.2, 0.25) is 5.91 Å². The highest BCUT2D eigenvalue weighted by Crippen LogP contribution is 2.37. The average molecular weight is 483 g/mol. The van der Waals surface area contributed by atoms with E-state index in [1.54, 1.807) is 7.11 Å². The van der Waals surface area contributed by atoms with Gasteiger partial charge in [0, 0.05) is 5.69 Å². The first-order chi connectivity index (χ1) is 16.0. The lowest BCUT2D eigenvalue weighted by molar-refractivity contribution is -0.142. The lowest BCUT2D eigenvalue weighted by Gasteiger charge is -2.14. The lowest BCUT2D eigenvalue weighted by atomic mass is 9.93. The van der Waals surface area contributed by atoms with Crippen LogP contribution in [0.5, 0.6) is 17.2 Å². The maximum Gasteiger partial charge on any atom is 0.322 e. The van der Waals surface area contributed by atoms with Crippen molar-refractivity contribution in [3.8, 4) is 17.2 Å². The zero-order chi connectivity index (χ0) is 23.4. The molecule has 178 valence electrons. The number of halogens is 1. The van der Waals surface area contributed by atoms with Gasteiger partial charge in [-0.15, -0.1) is 12.4 Å². The molecule has 3 N–H and O–H groups in total. The van der Waals surface area contributed by atoms with Crippen molar-refractivity contribution in [2.75, 3.05) is 19.5 Å². The van der Waals surface area contributed by atoms with Gasteiger partial charge in [-0.05, 0) is 59.9 Å². The molecule has 0 saturated heterocycles.